The van der Waals surface area contributed by atoms with Gasteiger partial charge in [-0.1, -0.05) is 6.92 Å². The van der Waals surface area contributed by atoms with Gasteiger partial charge >= 0.3 is 0 Å². The lowest BCUT2D eigenvalue weighted by atomic mass is 10.2. The molecule has 0 radical (unpaired) electrons. The topological polar surface area (TPSA) is 56.6 Å². The summed E-state index contributed by atoms with van der Waals surface area (Å²) in [4.78, 5) is 19.0. The zero-order valence-corrected chi connectivity index (χ0v) is 14.8. The van der Waals surface area contributed by atoms with Gasteiger partial charge in [0, 0.05) is 37.6 Å². The average Bonchev–Trinajstić information content (AvgIpc) is 2.96. The number of rotatable bonds is 7. The maximum Gasteiger partial charge on any atom is 0.264 e. The fourth-order valence-corrected chi connectivity index (χ4v) is 3.80. The number of amides is 1. The molecular weight excluding hydrogens is 310 g/mol. The molecule has 0 atom stereocenters. The predicted octanol–water partition coefficient (Wildman–Crippen LogP) is 2.31. The van der Waals surface area contributed by atoms with Gasteiger partial charge in [0.25, 0.3) is 5.91 Å². The van der Waals surface area contributed by atoms with E-state index in [1.165, 1.54) is 10.4 Å². The van der Waals surface area contributed by atoms with E-state index in [1.54, 1.807) is 11.3 Å². The van der Waals surface area contributed by atoms with Crippen LogP contribution < -0.4 is 0 Å². The number of hydrogen-bond donors (Lipinski definition) is 0. The minimum atomic E-state index is 0.0568. The van der Waals surface area contributed by atoms with Gasteiger partial charge in [0.2, 0.25) is 0 Å². The number of morpholine rings is 1. The summed E-state index contributed by atoms with van der Waals surface area (Å²) >= 11 is 1.58. The Bertz CT molecular complexity index is 559. The second-order valence-electron chi connectivity index (χ2n) is 5.72. The van der Waals surface area contributed by atoms with E-state index in [-0.39, 0.29) is 5.91 Å². The third-order valence-electron chi connectivity index (χ3n) is 4.12. The van der Waals surface area contributed by atoms with Crippen LogP contribution in [0.4, 0.5) is 0 Å². The zero-order chi connectivity index (χ0) is 16.7. The van der Waals surface area contributed by atoms with Gasteiger partial charge in [0.05, 0.1) is 30.6 Å². The van der Waals surface area contributed by atoms with Crippen LogP contribution in [0.1, 0.15) is 33.5 Å². The molecule has 0 saturated carbocycles. The monoisotopic (exact) mass is 335 g/mol. The summed E-state index contributed by atoms with van der Waals surface area (Å²) in [5.41, 5.74) is 1.19. The van der Waals surface area contributed by atoms with Gasteiger partial charge in [-0.25, -0.2) is 0 Å². The lowest BCUT2D eigenvalue weighted by Crippen LogP contribution is -2.43. The molecule has 1 aliphatic rings. The smallest absolute Gasteiger partial charge is 0.264 e. The molecule has 1 saturated heterocycles. The van der Waals surface area contributed by atoms with Gasteiger partial charge in [-0.2, -0.15) is 5.26 Å². The average molecular weight is 335 g/mol. The standard InChI is InChI=1S/C17H25N3O2S/c1-3-15-14(2)13-16(23-15)17(21)20(6-4-5-18)8-7-19-9-11-22-12-10-19/h13H,3-4,6-12H2,1-2H3. The molecule has 0 aliphatic carbocycles. The lowest BCUT2D eigenvalue weighted by Gasteiger charge is -2.29. The van der Waals surface area contributed by atoms with Crippen molar-refractivity contribution in [2.75, 3.05) is 45.9 Å². The minimum Gasteiger partial charge on any atom is -0.379 e. The molecule has 1 fully saturated rings. The molecule has 5 nitrogen and oxygen atoms in total. The van der Waals surface area contributed by atoms with Crippen molar-refractivity contribution in [1.29, 1.82) is 5.26 Å². The summed E-state index contributed by atoms with van der Waals surface area (Å²) in [7, 11) is 0. The molecule has 6 heteroatoms. The number of thiophene rings is 1. The SMILES string of the molecule is CCc1sc(C(=O)N(CCC#N)CCN2CCOCC2)cc1C. The second-order valence-corrected chi connectivity index (χ2v) is 6.86. The van der Waals surface area contributed by atoms with Gasteiger partial charge in [-0.15, -0.1) is 11.3 Å². The molecule has 1 amide bonds. The Kier molecular flexibility index (Phi) is 7.03. The Labute approximate surface area is 142 Å². The highest BCUT2D eigenvalue weighted by Gasteiger charge is 2.20. The van der Waals surface area contributed by atoms with Crippen molar-refractivity contribution in [2.45, 2.75) is 26.7 Å². The van der Waals surface area contributed by atoms with Crippen molar-refractivity contribution in [3.63, 3.8) is 0 Å². The number of hydrogen-bond acceptors (Lipinski definition) is 5. The molecular formula is C17H25N3O2S. The first-order chi connectivity index (χ1) is 11.2. The molecule has 1 aromatic heterocycles. The first-order valence-corrected chi connectivity index (χ1v) is 9.03. The highest BCUT2D eigenvalue weighted by atomic mass is 32.1. The van der Waals surface area contributed by atoms with Crippen molar-refractivity contribution in [1.82, 2.24) is 9.80 Å². The van der Waals surface area contributed by atoms with E-state index in [0.29, 0.717) is 19.5 Å². The molecule has 0 N–H and O–H groups in total. The van der Waals surface area contributed by atoms with Crippen LogP contribution in [0.2, 0.25) is 0 Å². The normalized spacial score (nSPS) is 15.3. The maximum absolute atomic E-state index is 12.8. The van der Waals surface area contributed by atoms with Gasteiger partial charge in [-0.05, 0) is 25.0 Å². The van der Waals surface area contributed by atoms with Crippen LogP contribution in [0.15, 0.2) is 6.07 Å². The molecule has 1 aromatic rings. The minimum absolute atomic E-state index is 0.0568. The summed E-state index contributed by atoms with van der Waals surface area (Å²) in [5, 5.41) is 8.86. The number of ether oxygens (including phenoxy) is 1. The van der Waals surface area contributed by atoms with Crippen LogP contribution in [0, 0.1) is 18.3 Å². The summed E-state index contributed by atoms with van der Waals surface area (Å²) in [6.45, 7) is 9.52. The van der Waals surface area contributed by atoms with E-state index in [9.17, 15) is 4.79 Å². The first-order valence-electron chi connectivity index (χ1n) is 8.21. The van der Waals surface area contributed by atoms with Crippen LogP contribution in [-0.4, -0.2) is 61.6 Å². The van der Waals surface area contributed by atoms with Gasteiger partial charge in [-0.3, -0.25) is 9.69 Å². The molecule has 0 aromatic carbocycles. The molecule has 2 heterocycles. The number of carbonyl (C=O) groups is 1. The lowest BCUT2D eigenvalue weighted by molar-refractivity contribution is 0.0327. The molecule has 0 unspecified atom stereocenters. The zero-order valence-electron chi connectivity index (χ0n) is 14.0. The van der Waals surface area contributed by atoms with E-state index in [4.69, 9.17) is 10.00 Å². The molecule has 23 heavy (non-hydrogen) atoms. The summed E-state index contributed by atoms with van der Waals surface area (Å²) in [5.74, 6) is 0.0568. The van der Waals surface area contributed by atoms with Crippen LogP contribution in [0.25, 0.3) is 0 Å². The van der Waals surface area contributed by atoms with E-state index in [1.807, 2.05) is 11.0 Å². The molecule has 2 rings (SSSR count). The first kappa shape index (κ1) is 17.9. The van der Waals surface area contributed by atoms with Gasteiger partial charge in [0.1, 0.15) is 0 Å². The van der Waals surface area contributed by atoms with E-state index < -0.39 is 0 Å². The Morgan fingerprint density at radius 3 is 2.78 bits per heavy atom. The van der Waals surface area contributed by atoms with E-state index in [2.05, 4.69) is 24.8 Å². The largest absolute Gasteiger partial charge is 0.379 e. The molecule has 126 valence electrons. The number of nitriles is 1. The van der Waals surface area contributed by atoms with Crippen LogP contribution in [0.3, 0.4) is 0 Å². The van der Waals surface area contributed by atoms with Crippen molar-refractivity contribution >= 4 is 17.2 Å². The second kappa shape index (κ2) is 9.02. The van der Waals surface area contributed by atoms with Crippen molar-refractivity contribution in [3.8, 4) is 6.07 Å². The van der Waals surface area contributed by atoms with Crippen molar-refractivity contribution in [2.24, 2.45) is 0 Å². The number of aryl methyl sites for hydroxylation is 2. The summed E-state index contributed by atoms with van der Waals surface area (Å²) < 4.78 is 5.35. The Morgan fingerprint density at radius 2 is 2.17 bits per heavy atom. The fourth-order valence-electron chi connectivity index (χ4n) is 2.72. The Morgan fingerprint density at radius 1 is 1.43 bits per heavy atom. The maximum atomic E-state index is 12.8. The fraction of sp³-hybridized carbons (Fsp3) is 0.647. The Balaban J connectivity index is 2.00. The van der Waals surface area contributed by atoms with Crippen LogP contribution in [-0.2, 0) is 11.2 Å². The quantitative estimate of drug-likeness (QED) is 0.767. The Hall–Kier alpha value is -1.42. The number of carbonyl (C=O) groups excluding carboxylic acids is 1. The third kappa shape index (κ3) is 5.03. The summed E-state index contributed by atoms with van der Waals surface area (Å²) in [6.07, 6.45) is 1.33. The molecule has 0 spiro atoms. The third-order valence-corrected chi connectivity index (χ3v) is 5.49. The molecule has 0 bridgehead atoms. The van der Waals surface area contributed by atoms with Crippen LogP contribution >= 0.6 is 11.3 Å². The molecule has 1 aliphatic heterocycles. The van der Waals surface area contributed by atoms with Crippen LogP contribution in [0.5, 0.6) is 0 Å². The summed E-state index contributed by atoms with van der Waals surface area (Å²) in [6, 6.07) is 4.13. The van der Waals surface area contributed by atoms with Crippen molar-refractivity contribution < 1.29 is 9.53 Å². The van der Waals surface area contributed by atoms with Crippen molar-refractivity contribution in [3.05, 3.63) is 21.4 Å². The van der Waals surface area contributed by atoms with E-state index in [0.717, 1.165) is 44.1 Å². The number of nitrogens with zero attached hydrogens (tertiary/aromatic N) is 3. The highest BCUT2D eigenvalue weighted by Crippen LogP contribution is 2.23. The van der Waals surface area contributed by atoms with Gasteiger partial charge in [0.15, 0.2) is 0 Å². The predicted molar refractivity (Wildman–Crippen MR) is 91.8 cm³/mol. The van der Waals surface area contributed by atoms with E-state index >= 15 is 0 Å². The highest BCUT2D eigenvalue weighted by molar-refractivity contribution is 7.14. The van der Waals surface area contributed by atoms with Gasteiger partial charge < -0.3 is 9.64 Å².